The molecule has 1 aliphatic heterocycles. The fraction of sp³-hybridized carbons (Fsp3) is 0.609. The molecule has 172 valence electrons. The van der Waals surface area contributed by atoms with Crippen molar-refractivity contribution in [3.05, 3.63) is 41.2 Å². The molecule has 2 aliphatic rings. The van der Waals surface area contributed by atoms with Crippen LogP contribution in [-0.2, 0) is 9.53 Å². The van der Waals surface area contributed by atoms with Gasteiger partial charge in [-0.3, -0.25) is 4.79 Å². The number of hydrogen-bond acceptors (Lipinski definition) is 5. The molecule has 0 bridgehead atoms. The van der Waals surface area contributed by atoms with E-state index in [2.05, 4.69) is 0 Å². The minimum absolute atomic E-state index is 0.0213. The molecular weight excluding hydrogens is 427 g/mol. The molecule has 1 aromatic carbocycles. The Labute approximate surface area is 186 Å². The van der Waals surface area contributed by atoms with Crippen molar-refractivity contribution in [1.29, 1.82) is 0 Å². The zero-order valence-corrected chi connectivity index (χ0v) is 18.1. The zero-order valence-electron chi connectivity index (χ0n) is 17.3. The van der Waals surface area contributed by atoms with Crippen LogP contribution in [0.3, 0.4) is 0 Å². The molecule has 0 spiro atoms. The number of carboxylic acids is 1. The summed E-state index contributed by atoms with van der Waals surface area (Å²) in [5, 5.41) is 29.9. The summed E-state index contributed by atoms with van der Waals surface area (Å²) in [6.45, 7) is 0.457. The lowest BCUT2D eigenvalue weighted by Gasteiger charge is -2.21. The zero-order chi connectivity index (χ0) is 22.4. The Morgan fingerprint density at radius 1 is 1.39 bits per heavy atom. The van der Waals surface area contributed by atoms with Gasteiger partial charge in [0.2, 0.25) is 0 Å². The van der Waals surface area contributed by atoms with Crippen molar-refractivity contribution < 1.29 is 34.0 Å². The molecule has 2 fully saturated rings. The topological polar surface area (TPSA) is 96.2 Å². The van der Waals surface area contributed by atoms with Crippen LogP contribution in [-0.4, -0.2) is 52.8 Å². The van der Waals surface area contributed by atoms with E-state index in [9.17, 15) is 19.4 Å². The normalized spacial score (nSPS) is 29.5. The molecule has 1 saturated carbocycles. The highest BCUT2D eigenvalue weighted by Crippen LogP contribution is 2.42. The second kappa shape index (κ2) is 11.3. The molecule has 0 unspecified atom stereocenters. The standard InChI is InChI=1S/C23H30ClFO6/c24-15-5-9-19(25)22(10-15)31-13-16(26)6-8-17-18-7-4-14(2-1-3-23(28)29)12-30-21(18)11-20(17)27/h5-6,8-10,14,16-18,20-21,26-27H,1-4,7,11-13H2,(H,28,29)/t14-,16+,17+,18+,20+,21-/m0/s1. The molecule has 6 atom stereocenters. The number of aliphatic hydroxyl groups excluding tert-OH is 2. The Morgan fingerprint density at radius 2 is 2.19 bits per heavy atom. The second-order valence-corrected chi connectivity index (χ2v) is 8.92. The van der Waals surface area contributed by atoms with Crippen LogP contribution < -0.4 is 4.74 Å². The van der Waals surface area contributed by atoms with Gasteiger partial charge >= 0.3 is 5.97 Å². The summed E-state index contributed by atoms with van der Waals surface area (Å²) in [6.07, 6.45) is 5.84. The number of carboxylic acid groups (broad SMARTS) is 1. The highest BCUT2D eigenvalue weighted by atomic mass is 35.5. The van der Waals surface area contributed by atoms with Gasteiger partial charge in [-0.1, -0.05) is 23.8 Å². The second-order valence-electron chi connectivity index (χ2n) is 8.48. The first-order valence-corrected chi connectivity index (χ1v) is 11.2. The number of fused-ring (bicyclic) bond motifs is 1. The average molecular weight is 457 g/mol. The summed E-state index contributed by atoms with van der Waals surface area (Å²) in [6, 6.07) is 3.98. The molecule has 3 rings (SSSR count). The van der Waals surface area contributed by atoms with Crippen molar-refractivity contribution >= 4 is 17.6 Å². The maximum Gasteiger partial charge on any atom is 0.303 e. The van der Waals surface area contributed by atoms with Gasteiger partial charge in [0, 0.05) is 36.5 Å². The summed E-state index contributed by atoms with van der Waals surface area (Å²) in [4.78, 5) is 10.7. The third kappa shape index (κ3) is 6.91. The largest absolute Gasteiger partial charge is 0.487 e. The highest BCUT2D eigenvalue weighted by molar-refractivity contribution is 6.30. The molecular formula is C23H30ClFO6. The Hall–Kier alpha value is -1.67. The van der Waals surface area contributed by atoms with Gasteiger partial charge in [-0.05, 0) is 49.7 Å². The Bertz CT molecular complexity index is 772. The molecule has 0 radical (unpaired) electrons. The number of aliphatic hydroxyl groups is 2. The Balaban J connectivity index is 1.51. The lowest BCUT2D eigenvalue weighted by Crippen LogP contribution is -2.22. The maximum absolute atomic E-state index is 13.7. The first-order valence-electron chi connectivity index (χ1n) is 10.8. The first kappa shape index (κ1) is 24.0. The first-order chi connectivity index (χ1) is 14.8. The van der Waals surface area contributed by atoms with Crippen LogP contribution in [0.5, 0.6) is 5.75 Å². The molecule has 1 heterocycles. The monoisotopic (exact) mass is 456 g/mol. The molecule has 1 aromatic rings. The number of halogens is 2. The lowest BCUT2D eigenvalue weighted by molar-refractivity contribution is -0.137. The van der Waals surface area contributed by atoms with Crippen molar-refractivity contribution in [2.45, 2.75) is 56.8 Å². The van der Waals surface area contributed by atoms with E-state index >= 15 is 0 Å². The van der Waals surface area contributed by atoms with E-state index in [1.54, 1.807) is 6.08 Å². The van der Waals surface area contributed by atoms with E-state index in [1.165, 1.54) is 18.2 Å². The molecule has 0 amide bonds. The van der Waals surface area contributed by atoms with Crippen molar-refractivity contribution in [2.24, 2.45) is 17.8 Å². The summed E-state index contributed by atoms with van der Waals surface area (Å²) >= 11 is 5.84. The van der Waals surface area contributed by atoms with Crippen LogP contribution in [0.1, 0.15) is 38.5 Å². The van der Waals surface area contributed by atoms with E-state index in [0.29, 0.717) is 30.4 Å². The van der Waals surface area contributed by atoms with Gasteiger partial charge in [0.15, 0.2) is 11.6 Å². The summed E-state index contributed by atoms with van der Waals surface area (Å²) in [7, 11) is 0. The molecule has 6 nitrogen and oxygen atoms in total. The van der Waals surface area contributed by atoms with E-state index in [0.717, 1.165) is 19.3 Å². The van der Waals surface area contributed by atoms with Crippen LogP contribution >= 0.6 is 11.6 Å². The van der Waals surface area contributed by atoms with Crippen LogP contribution in [0.25, 0.3) is 0 Å². The van der Waals surface area contributed by atoms with Crippen molar-refractivity contribution in [3.63, 3.8) is 0 Å². The number of hydrogen-bond donors (Lipinski definition) is 3. The van der Waals surface area contributed by atoms with Gasteiger partial charge in [-0.15, -0.1) is 0 Å². The number of benzene rings is 1. The number of ether oxygens (including phenoxy) is 2. The maximum atomic E-state index is 13.7. The van der Waals surface area contributed by atoms with Crippen LogP contribution in [0.2, 0.25) is 5.02 Å². The van der Waals surface area contributed by atoms with Gasteiger partial charge in [0.05, 0.1) is 12.2 Å². The van der Waals surface area contributed by atoms with E-state index < -0.39 is 24.0 Å². The third-order valence-electron chi connectivity index (χ3n) is 6.21. The van der Waals surface area contributed by atoms with Gasteiger partial charge in [0.25, 0.3) is 0 Å². The van der Waals surface area contributed by atoms with E-state index in [1.807, 2.05) is 6.08 Å². The summed E-state index contributed by atoms with van der Waals surface area (Å²) in [5.41, 5.74) is 0. The smallest absolute Gasteiger partial charge is 0.303 e. The SMILES string of the molecule is O=C(O)CCC[C@H]1CC[C@@H]2[C@@H](C=C[C@@H](O)COc3cc(Cl)ccc3F)[C@H](O)C[C@@H]2OC1. The number of carbonyl (C=O) groups is 1. The highest BCUT2D eigenvalue weighted by Gasteiger charge is 2.43. The molecule has 1 saturated heterocycles. The lowest BCUT2D eigenvalue weighted by atomic mass is 9.86. The van der Waals surface area contributed by atoms with Crippen molar-refractivity contribution in [1.82, 2.24) is 0 Å². The van der Waals surface area contributed by atoms with Crippen molar-refractivity contribution in [2.75, 3.05) is 13.2 Å². The van der Waals surface area contributed by atoms with Gasteiger partial charge in [-0.2, -0.15) is 0 Å². The quantitative estimate of drug-likeness (QED) is 0.489. The van der Waals surface area contributed by atoms with Gasteiger partial charge in [0.1, 0.15) is 12.7 Å². The van der Waals surface area contributed by atoms with E-state index in [-0.39, 0.29) is 36.7 Å². The predicted octanol–water partition coefficient (Wildman–Crippen LogP) is 3.82. The summed E-state index contributed by atoms with van der Waals surface area (Å²) < 4.78 is 25.1. The fourth-order valence-electron chi connectivity index (χ4n) is 4.56. The molecule has 31 heavy (non-hydrogen) atoms. The predicted molar refractivity (Wildman–Crippen MR) is 114 cm³/mol. The number of rotatable bonds is 9. The minimum Gasteiger partial charge on any atom is -0.487 e. The average Bonchev–Trinajstić information content (AvgIpc) is 2.88. The Morgan fingerprint density at radius 3 is 2.97 bits per heavy atom. The minimum atomic E-state index is -0.958. The fourth-order valence-corrected chi connectivity index (χ4v) is 4.72. The summed E-state index contributed by atoms with van der Waals surface area (Å²) in [5.74, 6) is -1.01. The van der Waals surface area contributed by atoms with Gasteiger partial charge < -0.3 is 24.8 Å². The molecule has 1 aliphatic carbocycles. The van der Waals surface area contributed by atoms with Crippen molar-refractivity contribution in [3.8, 4) is 5.75 Å². The molecule has 8 heteroatoms. The van der Waals surface area contributed by atoms with Gasteiger partial charge in [-0.25, -0.2) is 4.39 Å². The number of aliphatic carboxylic acids is 1. The van der Waals surface area contributed by atoms with Crippen LogP contribution in [0.4, 0.5) is 4.39 Å². The van der Waals surface area contributed by atoms with Crippen LogP contribution in [0.15, 0.2) is 30.4 Å². The van der Waals surface area contributed by atoms with E-state index in [4.69, 9.17) is 26.2 Å². The molecule has 0 aromatic heterocycles. The molecule has 3 N–H and O–H groups in total. The van der Waals surface area contributed by atoms with Crippen LogP contribution in [0, 0.1) is 23.6 Å². The Kier molecular flexibility index (Phi) is 8.72. The third-order valence-corrected chi connectivity index (χ3v) is 6.44.